The Bertz CT molecular complexity index is 174. The molecule has 1 fully saturated rings. The maximum atomic E-state index is 5.49. The highest BCUT2D eigenvalue weighted by Crippen LogP contribution is 2.15. The van der Waals surface area contributed by atoms with E-state index in [4.69, 9.17) is 5.73 Å². The van der Waals surface area contributed by atoms with E-state index in [2.05, 4.69) is 23.9 Å². The summed E-state index contributed by atoms with van der Waals surface area (Å²) in [6.07, 6.45) is 9.34. The first-order chi connectivity index (χ1) is 8.24. The lowest BCUT2D eigenvalue weighted by Crippen LogP contribution is -2.42. The normalized spacial score (nSPS) is 19.1. The number of rotatable bonds is 8. The Morgan fingerprint density at radius 2 is 1.59 bits per heavy atom. The van der Waals surface area contributed by atoms with E-state index in [1.54, 1.807) is 0 Å². The molecule has 17 heavy (non-hydrogen) atoms. The maximum Gasteiger partial charge on any atom is 0.0113 e. The topological polar surface area (TPSA) is 32.5 Å². The summed E-state index contributed by atoms with van der Waals surface area (Å²) in [5.41, 5.74) is 5.49. The van der Waals surface area contributed by atoms with Gasteiger partial charge < -0.3 is 15.5 Å². The van der Waals surface area contributed by atoms with Crippen LogP contribution in [-0.2, 0) is 0 Å². The van der Waals surface area contributed by atoms with Gasteiger partial charge in [0.2, 0.25) is 0 Å². The van der Waals surface area contributed by atoms with E-state index in [0.717, 1.165) is 12.6 Å². The number of hydrogen-bond donors (Lipinski definition) is 1. The highest BCUT2D eigenvalue weighted by atomic mass is 15.2. The maximum absolute atomic E-state index is 5.49. The van der Waals surface area contributed by atoms with Crippen LogP contribution in [0, 0.1) is 0 Å². The van der Waals surface area contributed by atoms with Gasteiger partial charge in [0.15, 0.2) is 0 Å². The van der Waals surface area contributed by atoms with Crippen LogP contribution in [0.3, 0.4) is 0 Å². The first kappa shape index (κ1) is 14.9. The minimum atomic E-state index is 0.816. The second kappa shape index (κ2) is 8.90. The Kier molecular flexibility index (Phi) is 7.82. The number of nitrogens with two attached hydrogens (primary N) is 1. The van der Waals surface area contributed by atoms with Gasteiger partial charge in [0.25, 0.3) is 0 Å². The lowest BCUT2D eigenvalue weighted by molar-refractivity contribution is 0.143. The van der Waals surface area contributed by atoms with Crippen molar-refractivity contribution in [2.24, 2.45) is 5.73 Å². The van der Waals surface area contributed by atoms with Crippen LogP contribution in [0.4, 0.5) is 0 Å². The number of nitrogens with zero attached hydrogens (tertiary/aromatic N) is 2. The van der Waals surface area contributed by atoms with Crippen LogP contribution < -0.4 is 5.73 Å². The molecule has 3 nitrogen and oxygen atoms in total. The first-order valence-electron chi connectivity index (χ1n) is 7.33. The molecule has 0 atom stereocenters. The minimum Gasteiger partial charge on any atom is -0.330 e. The smallest absolute Gasteiger partial charge is 0.0113 e. The van der Waals surface area contributed by atoms with Crippen molar-refractivity contribution in [3.63, 3.8) is 0 Å². The fourth-order valence-electron chi connectivity index (χ4n) is 2.67. The third-order valence-electron chi connectivity index (χ3n) is 3.97. The van der Waals surface area contributed by atoms with Gasteiger partial charge in [-0.2, -0.15) is 0 Å². The third kappa shape index (κ3) is 6.39. The molecule has 0 unspecified atom stereocenters. The van der Waals surface area contributed by atoms with Crippen molar-refractivity contribution in [2.75, 3.05) is 40.3 Å². The second-order valence-corrected chi connectivity index (χ2v) is 5.59. The van der Waals surface area contributed by atoms with Crippen LogP contribution in [0.25, 0.3) is 0 Å². The van der Waals surface area contributed by atoms with Crippen LogP contribution in [0.1, 0.15) is 44.9 Å². The van der Waals surface area contributed by atoms with Crippen molar-refractivity contribution in [3.8, 4) is 0 Å². The van der Waals surface area contributed by atoms with Gasteiger partial charge in [-0.25, -0.2) is 0 Å². The number of likely N-dealkylation sites (tertiary alicyclic amines) is 1. The van der Waals surface area contributed by atoms with Gasteiger partial charge in [-0.15, -0.1) is 0 Å². The Hall–Kier alpha value is -0.120. The van der Waals surface area contributed by atoms with E-state index in [0.29, 0.717) is 0 Å². The summed E-state index contributed by atoms with van der Waals surface area (Å²) in [7, 11) is 4.41. The Labute approximate surface area is 107 Å². The summed E-state index contributed by atoms with van der Waals surface area (Å²) in [6, 6.07) is 0.816. The van der Waals surface area contributed by atoms with E-state index in [1.165, 1.54) is 64.6 Å². The van der Waals surface area contributed by atoms with Crippen LogP contribution >= 0.6 is 0 Å². The fraction of sp³-hybridized carbons (Fsp3) is 1.00. The molecule has 0 bridgehead atoms. The number of piperidine rings is 1. The summed E-state index contributed by atoms with van der Waals surface area (Å²) in [6.45, 7) is 4.76. The minimum absolute atomic E-state index is 0.816. The molecule has 0 aromatic rings. The Balaban J connectivity index is 1.95. The number of hydrogen-bond acceptors (Lipinski definition) is 3. The molecule has 0 saturated carbocycles. The molecular weight excluding hydrogens is 210 g/mol. The van der Waals surface area contributed by atoms with Crippen molar-refractivity contribution in [1.29, 1.82) is 0 Å². The zero-order valence-electron chi connectivity index (χ0n) is 11.8. The SMILES string of the molecule is CN(C)C1CCN(CCCCCCCN)CC1. The zero-order valence-corrected chi connectivity index (χ0v) is 11.8. The predicted octanol–water partition coefficient (Wildman–Crippen LogP) is 1.92. The van der Waals surface area contributed by atoms with Crippen molar-refractivity contribution < 1.29 is 0 Å². The van der Waals surface area contributed by atoms with Crippen LogP contribution in [-0.4, -0.2) is 56.1 Å². The van der Waals surface area contributed by atoms with Gasteiger partial charge in [0.1, 0.15) is 0 Å². The quantitative estimate of drug-likeness (QED) is 0.659. The zero-order chi connectivity index (χ0) is 12.5. The molecule has 102 valence electrons. The summed E-state index contributed by atoms with van der Waals surface area (Å²) in [4.78, 5) is 5.02. The molecule has 1 rings (SSSR count). The Morgan fingerprint density at radius 1 is 1.00 bits per heavy atom. The van der Waals surface area contributed by atoms with E-state index in [-0.39, 0.29) is 0 Å². The molecule has 0 amide bonds. The van der Waals surface area contributed by atoms with Crippen molar-refractivity contribution in [2.45, 2.75) is 51.0 Å². The molecule has 0 spiro atoms. The van der Waals surface area contributed by atoms with Crippen molar-refractivity contribution in [3.05, 3.63) is 0 Å². The summed E-state index contributed by atoms with van der Waals surface area (Å²) < 4.78 is 0. The lowest BCUT2D eigenvalue weighted by Gasteiger charge is -2.35. The molecule has 3 heteroatoms. The highest BCUT2D eigenvalue weighted by Gasteiger charge is 2.19. The summed E-state index contributed by atoms with van der Waals surface area (Å²) in [5.74, 6) is 0. The van der Waals surface area contributed by atoms with Gasteiger partial charge in [-0.05, 0) is 66.0 Å². The van der Waals surface area contributed by atoms with Gasteiger partial charge in [-0.1, -0.05) is 19.3 Å². The fourth-order valence-corrected chi connectivity index (χ4v) is 2.67. The van der Waals surface area contributed by atoms with E-state index < -0.39 is 0 Å². The van der Waals surface area contributed by atoms with Crippen LogP contribution in [0.2, 0.25) is 0 Å². The molecule has 2 N–H and O–H groups in total. The second-order valence-electron chi connectivity index (χ2n) is 5.59. The van der Waals surface area contributed by atoms with E-state index in [1.807, 2.05) is 0 Å². The van der Waals surface area contributed by atoms with Gasteiger partial charge in [-0.3, -0.25) is 0 Å². The molecule has 0 aliphatic carbocycles. The highest BCUT2D eigenvalue weighted by molar-refractivity contribution is 4.76. The standard InChI is InChI=1S/C14H31N3/c1-16(2)14-8-12-17(13-9-14)11-7-5-3-4-6-10-15/h14H,3-13,15H2,1-2H3. The van der Waals surface area contributed by atoms with Crippen molar-refractivity contribution in [1.82, 2.24) is 9.80 Å². The molecule has 0 radical (unpaired) electrons. The largest absolute Gasteiger partial charge is 0.330 e. The van der Waals surface area contributed by atoms with Gasteiger partial charge in [0, 0.05) is 6.04 Å². The monoisotopic (exact) mass is 241 g/mol. The Morgan fingerprint density at radius 3 is 2.18 bits per heavy atom. The van der Waals surface area contributed by atoms with Gasteiger partial charge >= 0.3 is 0 Å². The number of unbranched alkanes of at least 4 members (excludes halogenated alkanes) is 4. The molecule has 1 aliphatic heterocycles. The molecule has 1 saturated heterocycles. The average Bonchev–Trinajstić information content (AvgIpc) is 2.34. The molecule has 1 aliphatic rings. The third-order valence-corrected chi connectivity index (χ3v) is 3.97. The first-order valence-corrected chi connectivity index (χ1v) is 7.33. The van der Waals surface area contributed by atoms with Crippen molar-refractivity contribution >= 4 is 0 Å². The molecule has 0 aromatic carbocycles. The molecular formula is C14H31N3. The van der Waals surface area contributed by atoms with E-state index >= 15 is 0 Å². The average molecular weight is 241 g/mol. The predicted molar refractivity (Wildman–Crippen MR) is 75.3 cm³/mol. The van der Waals surface area contributed by atoms with E-state index in [9.17, 15) is 0 Å². The van der Waals surface area contributed by atoms with Crippen LogP contribution in [0.15, 0.2) is 0 Å². The molecule has 0 aromatic heterocycles. The lowest BCUT2D eigenvalue weighted by atomic mass is 10.0. The summed E-state index contributed by atoms with van der Waals surface area (Å²) in [5, 5.41) is 0. The molecule has 1 heterocycles. The summed E-state index contributed by atoms with van der Waals surface area (Å²) >= 11 is 0. The van der Waals surface area contributed by atoms with Crippen LogP contribution in [0.5, 0.6) is 0 Å². The van der Waals surface area contributed by atoms with Gasteiger partial charge in [0.05, 0.1) is 0 Å².